The number of hydrogen-bond acceptors (Lipinski definition) is 4. The van der Waals surface area contributed by atoms with E-state index >= 15 is 0 Å². The quantitative estimate of drug-likeness (QED) is 0.524. The predicted molar refractivity (Wildman–Crippen MR) is 52.9 cm³/mol. The summed E-state index contributed by atoms with van der Waals surface area (Å²) in [6.45, 7) is 0. The van der Waals surface area contributed by atoms with Crippen molar-refractivity contribution in [3.8, 4) is 0 Å². The van der Waals surface area contributed by atoms with E-state index in [1.165, 1.54) is 0 Å². The van der Waals surface area contributed by atoms with Crippen LogP contribution in [0.25, 0.3) is 0 Å². The molecule has 5 nitrogen and oxygen atoms in total. The molecule has 2 N–H and O–H groups in total. The summed E-state index contributed by atoms with van der Waals surface area (Å²) in [7, 11) is 0. The van der Waals surface area contributed by atoms with Gasteiger partial charge in [-0.2, -0.15) is 0 Å². The first-order valence-electron chi connectivity index (χ1n) is 3.74. The van der Waals surface area contributed by atoms with E-state index < -0.39 is 28.3 Å². The molecule has 1 aromatic heterocycles. The van der Waals surface area contributed by atoms with Gasteiger partial charge in [-0.1, -0.05) is 15.9 Å². The molecule has 0 radical (unpaired) electrons. The van der Waals surface area contributed by atoms with Crippen molar-refractivity contribution in [1.82, 2.24) is 4.98 Å². The Morgan fingerprint density at radius 1 is 1.67 bits per heavy atom. The van der Waals surface area contributed by atoms with Gasteiger partial charge in [-0.3, -0.25) is 15.1 Å². The minimum Gasteiger partial charge on any atom is -0.393 e. The third kappa shape index (κ3) is 2.20. The normalized spacial score (nSPS) is 10.7. The second kappa shape index (κ2) is 4.47. The average Bonchev–Trinajstić information content (AvgIpc) is 2.15. The highest BCUT2D eigenvalue weighted by molar-refractivity contribution is 9.08. The lowest BCUT2D eigenvalue weighted by atomic mass is 10.1. The van der Waals surface area contributed by atoms with Gasteiger partial charge in [0.1, 0.15) is 11.9 Å². The van der Waals surface area contributed by atoms with Gasteiger partial charge < -0.3 is 5.73 Å². The fourth-order valence-electron chi connectivity index (χ4n) is 1.07. The molecular formula is C7H6BrF2N3O2. The first-order valence-corrected chi connectivity index (χ1v) is 4.87. The Hall–Kier alpha value is -1.31. The highest BCUT2D eigenvalue weighted by Crippen LogP contribution is 2.34. The summed E-state index contributed by atoms with van der Waals surface area (Å²) in [4.78, 5) is 13.1. The minimum absolute atomic E-state index is 0.00750. The maximum absolute atomic E-state index is 12.6. The summed E-state index contributed by atoms with van der Waals surface area (Å²) in [6, 6.07) is 0. The number of rotatable bonds is 3. The van der Waals surface area contributed by atoms with Gasteiger partial charge in [-0.15, -0.1) is 0 Å². The second-order valence-corrected chi connectivity index (χ2v) is 3.17. The predicted octanol–water partition coefficient (Wildman–Crippen LogP) is 2.40. The molecule has 0 spiro atoms. The monoisotopic (exact) mass is 281 g/mol. The van der Waals surface area contributed by atoms with Crippen molar-refractivity contribution in [2.45, 2.75) is 11.8 Å². The van der Waals surface area contributed by atoms with Gasteiger partial charge in [-0.25, -0.2) is 8.78 Å². The Kier molecular flexibility index (Phi) is 3.51. The van der Waals surface area contributed by atoms with Crippen LogP contribution >= 0.6 is 15.9 Å². The molecule has 0 aliphatic rings. The van der Waals surface area contributed by atoms with Crippen molar-refractivity contribution in [3.05, 3.63) is 27.6 Å². The molecule has 0 atom stereocenters. The first-order chi connectivity index (χ1) is 6.99. The summed E-state index contributed by atoms with van der Waals surface area (Å²) in [5.74, 6) is 0. The Balaban J connectivity index is 3.42. The zero-order valence-electron chi connectivity index (χ0n) is 7.28. The Morgan fingerprint density at radius 2 is 2.27 bits per heavy atom. The highest BCUT2D eigenvalue weighted by atomic mass is 79.9. The molecule has 1 heterocycles. The summed E-state index contributed by atoms with van der Waals surface area (Å²) in [5.41, 5.74) is 3.57. The van der Waals surface area contributed by atoms with Crippen LogP contribution in [0.2, 0.25) is 0 Å². The lowest BCUT2D eigenvalue weighted by Gasteiger charge is -2.08. The molecule has 0 fully saturated rings. The van der Waals surface area contributed by atoms with Crippen LogP contribution in [0.4, 0.5) is 20.2 Å². The highest BCUT2D eigenvalue weighted by Gasteiger charge is 2.24. The van der Waals surface area contributed by atoms with Gasteiger partial charge in [0.2, 0.25) is 0 Å². The number of aromatic nitrogens is 1. The molecule has 0 aliphatic carbocycles. The lowest BCUT2D eigenvalue weighted by Crippen LogP contribution is -2.06. The molecule has 15 heavy (non-hydrogen) atoms. The van der Waals surface area contributed by atoms with Gasteiger partial charge in [-0.05, 0) is 0 Å². The lowest BCUT2D eigenvalue weighted by molar-refractivity contribution is -0.384. The number of nitrogens with two attached hydrogens (primary N) is 1. The van der Waals surface area contributed by atoms with E-state index in [2.05, 4.69) is 20.9 Å². The van der Waals surface area contributed by atoms with Crippen molar-refractivity contribution in [2.75, 3.05) is 5.73 Å². The number of hydrogen-bond donors (Lipinski definition) is 1. The van der Waals surface area contributed by atoms with Gasteiger partial charge in [0.25, 0.3) is 6.43 Å². The molecule has 0 saturated carbocycles. The molecule has 0 saturated heterocycles. The van der Waals surface area contributed by atoms with Gasteiger partial charge >= 0.3 is 5.69 Å². The Morgan fingerprint density at radius 3 is 2.67 bits per heavy atom. The third-order valence-electron chi connectivity index (χ3n) is 1.76. The van der Waals surface area contributed by atoms with Gasteiger partial charge in [0.05, 0.1) is 16.2 Å². The van der Waals surface area contributed by atoms with Crippen molar-refractivity contribution in [2.24, 2.45) is 0 Å². The van der Waals surface area contributed by atoms with Gasteiger partial charge in [0, 0.05) is 5.33 Å². The number of nitrogens with zero attached hydrogens (tertiary/aromatic N) is 2. The molecular weight excluding hydrogens is 276 g/mol. The van der Waals surface area contributed by atoms with Crippen LogP contribution in [0.3, 0.4) is 0 Å². The zero-order chi connectivity index (χ0) is 11.6. The number of alkyl halides is 3. The van der Waals surface area contributed by atoms with Gasteiger partial charge in [0.15, 0.2) is 0 Å². The van der Waals surface area contributed by atoms with E-state index in [1.807, 2.05) is 0 Å². The number of anilines is 1. The maximum atomic E-state index is 12.6. The summed E-state index contributed by atoms with van der Waals surface area (Å²) in [6.07, 6.45) is -2.01. The maximum Gasteiger partial charge on any atom is 0.310 e. The van der Waals surface area contributed by atoms with Crippen molar-refractivity contribution >= 4 is 27.3 Å². The molecule has 8 heteroatoms. The number of nitro groups is 1. The van der Waals surface area contributed by atoms with Crippen LogP contribution in [0.15, 0.2) is 6.20 Å². The molecule has 0 amide bonds. The van der Waals surface area contributed by atoms with Crippen LogP contribution in [0.1, 0.15) is 17.7 Å². The van der Waals surface area contributed by atoms with Crippen LogP contribution in [-0.2, 0) is 5.33 Å². The SMILES string of the molecule is Nc1c([N+](=O)[O-])cnc(CBr)c1C(F)F. The standard InChI is InChI=1S/C7H6BrF2N3O2/c8-1-3-5(7(9)10)6(11)4(2-12-3)13(14)15/h2,7H,1H2,(H2,11,12). The molecule has 0 aromatic carbocycles. The van der Waals surface area contributed by atoms with Crippen LogP contribution < -0.4 is 5.73 Å². The molecule has 1 rings (SSSR count). The molecule has 0 unspecified atom stereocenters. The summed E-state index contributed by atoms with van der Waals surface area (Å²) < 4.78 is 25.1. The average molecular weight is 282 g/mol. The number of pyridine rings is 1. The third-order valence-corrected chi connectivity index (χ3v) is 2.29. The van der Waals surface area contributed by atoms with E-state index in [9.17, 15) is 18.9 Å². The van der Waals surface area contributed by atoms with Crippen molar-refractivity contribution in [3.63, 3.8) is 0 Å². The largest absolute Gasteiger partial charge is 0.393 e. The van der Waals surface area contributed by atoms with Crippen LogP contribution in [0, 0.1) is 10.1 Å². The Labute approximate surface area is 91.6 Å². The van der Waals surface area contributed by atoms with E-state index in [4.69, 9.17) is 5.73 Å². The molecule has 1 aromatic rings. The topological polar surface area (TPSA) is 82.0 Å². The number of nitrogen functional groups attached to an aromatic ring is 1. The number of halogens is 3. The summed E-state index contributed by atoms with van der Waals surface area (Å²) >= 11 is 2.95. The van der Waals surface area contributed by atoms with E-state index in [1.54, 1.807) is 0 Å². The van der Waals surface area contributed by atoms with Crippen LogP contribution in [0.5, 0.6) is 0 Å². The van der Waals surface area contributed by atoms with Crippen molar-refractivity contribution < 1.29 is 13.7 Å². The van der Waals surface area contributed by atoms with E-state index in [-0.39, 0.29) is 11.0 Å². The molecule has 82 valence electrons. The summed E-state index contributed by atoms with van der Waals surface area (Å²) in [5, 5.41) is 10.5. The van der Waals surface area contributed by atoms with Crippen LogP contribution in [-0.4, -0.2) is 9.91 Å². The van der Waals surface area contributed by atoms with Crippen molar-refractivity contribution in [1.29, 1.82) is 0 Å². The molecule has 0 bridgehead atoms. The zero-order valence-corrected chi connectivity index (χ0v) is 8.87. The second-order valence-electron chi connectivity index (χ2n) is 2.61. The first kappa shape index (κ1) is 11.8. The minimum atomic E-state index is -2.88. The fraction of sp³-hybridized carbons (Fsp3) is 0.286. The molecule has 0 aliphatic heterocycles. The Bertz CT molecular complexity index is 400. The fourth-order valence-corrected chi connectivity index (χ4v) is 1.51. The van der Waals surface area contributed by atoms with E-state index in [0.29, 0.717) is 0 Å². The van der Waals surface area contributed by atoms with E-state index in [0.717, 1.165) is 6.20 Å². The smallest absolute Gasteiger partial charge is 0.310 e.